The van der Waals surface area contributed by atoms with Crippen LogP contribution in [0.1, 0.15) is 95.3 Å². The number of hydrogen-bond acceptors (Lipinski definition) is 8. The third-order valence-electron chi connectivity index (χ3n) is 9.96. The first kappa shape index (κ1) is 38.1. The van der Waals surface area contributed by atoms with Crippen LogP contribution in [0.5, 0.6) is 0 Å². The van der Waals surface area contributed by atoms with E-state index in [0.29, 0.717) is 35.5 Å². The lowest BCUT2D eigenvalue weighted by Gasteiger charge is -2.36. The second-order valence-electron chi connectivity index (χ2n) is 15.4. The highest BCUT2D eigenvalue weighted by Gasteiger charge is 2.40. The Morgan fingerprint density at radius 3 is 2.39 bits per heavy atom. The first-order chi connectivity index (χ1) is 24.2. The monoisotopic (exact) mass is 718 g/mol. The molecule has 0 aliphatic carbocycles. The topological polar surface area (TPSA) is 117 Å². The lowest BCUT2D eigenvalue weighted by molar-refractivity contribution is -0.131. The van der Waals surface area contributed by atoms with Crippen LogP contribution in [0.15, 0.2) is 65.7 Å². The lowest BCUT2D eigenvalue weighted by Crippen LogP contribution is -2.43. The van der Waals surface area contributed by atoms with E-state index in [2.05, 4.69) is 28.9 Å². The molecular formula is C39H51FN6O4S. The number of carbonyl (C=O) groups excluding carboxylic acids is 3. The Labute approximate surface area is 305 Å². The highest BCUT2D eigenvalue weighted by atomic mass is 32.2. The summed E-state index contributed by atoms with van der Waals surface area (Å²) >= 11 is 1.02. The fraction of sp³-hybridized carbons (Fsp3) is 0.513. The molecule has 4 heterocycles. The van der Waals surface area contributed by atoms with Crippen molar-refractivity contribution in [2.45, 2.75) is 102 Å². The maximum absolute atomic E-state index is 14.8. The van der Waals surface area contributed by atoms with E-state index >= 15 is 0 Å². The van der Waals surface area contributed by atoms with E-state index in [1.54, 1.807) is 24.0 Å². The standard InChI is InChI=1S/C39H51FN6O4S/c1-26(47)46-24-28(23-39(46,5)6)15-17-31(29-19-21-45(22-20-29)37(49)50-25-27-11-8-7-9-12-27)41-33-13-10-14-34(43-33)51-44-36(48)30-16-18-32(38(2,3)4)42-35(30)40/h7-14,16,18,28-29,31H,15,17,19-25H2,1-6H3,(H,41,43)(H,44,48). The Hall–Kier alpha value is -4.19. The minimum atomic E-state index is -0.806. The second kappa shape index (κ2) is 16.4. The van der Waals surface area contributed by atoms with Gasteiger partial charge in [0.15, 0.2) is 0 Å². The van der Waals surface area contributed by atoms with Crippen LogP contribution in [0.3, 0.4) is 0 Å². The largest absolute Gasteiger partial charge is 0.445 e. The summed E-state index contributed by atoms with van der Waals surface area (Å²) in [6.45, 7) is 13.9. The van der Waals surface area contributed by atoms with Gasteiger partial charge in [-0.05, 0) is 87.6 Å². The number of rotatable bonds is 11. The SMILES string of the molecule is CC(=O)N1CC(CCC(Nc2cccc(SNC(=O)c3ccc(C(C)(C)C)nc3F)n2)C2CCN(C(=O)OCc3ccccc3)CC2)CC1(C)C. The fourth-order valence-electron chi connectivity index (χ4n) is 7.19. The van der Waals surface area contributed by atoms with Crippen LogP contribution in [0.2, 0.25) is 0 Å². The van der Waals surface area contributed by atoms with Crippen molar-refractivity contribution in [3.63, 3.8) is 0 Å². The van der Waals surface area contributed by atoms with Gasteiger partial charge in [-0.1, -0.05) is 57.2 Å². The highest BCUT2D eigenvalue weighted by Crippen LogP contribution is 2.37. The predicted octanol–water partition coefficient (Wildman–Crippen LogP) is 7.61. The van der Waals surface area contributed by atoms with Crippen molar-refractivity contribution in [2.24, 2.45) is 11.8 Å². The molecular weight excluding hydrogens is 668 g/mol. The van der Waals surface area contributed by atoms with Crippen LogP contribution in [0, 0.1) is 17.8 Å². The number of benzene rings is 1. The molecule has 2 fully saturated rings. The van der Waals surface area contributed by atoms with E-state index in [4.69, 9.17) is 9.72 Å². The average Bonchev–Trinajstić information content (AvgIpc) is 3.42. The third kappa shape index (κ3) is 10.2. The number of aromatic nitrogens is 2. The number of likely N-dealkylation sites (tertiary alicyclic amines) is 2. The Morgan fingerprint density at radius 1 is 1.02 bits per heavy atom. The predicted molar refractivity (Wildman–Crippen MR) is 198 cm³/mol. The van der Waals surface area contributed by atoms with Gasteiger partial charge in [-0.3, -0.25) is 14.3 Å². The number of ether oxygens (including phenoxy) is 1. The third-order valence-corrected chi connectivity index (χ3v) is 10.7. The van der Waals surface area contributed by atoms with E-state index in [-0.39, 0.29) is 47.1 Å². The Kier molecular flexibility index (Phi) is 12.3. The summed E-state index contributed by atoms with van der Waals surface area (Å²) < 4.78 is 23.1. The summed E-state index contributed by atoms with van der Waals surface area (Å²) in [6.07, 6.45) is 4.10. The van der Waals surface area contributed by atoms with Crippen LogP contribution in [0.25, 0.3) is 0 Å². The molecule has 2 aromatic heterocycles. The molecule has 274 valence electrons. The van der Waals surface area contributed by atoms with E-state index in [0.717, 1.165) is 56.2 Å². The molecule has 0 radical (unpaired) electrons. The van der Waals surface area contributed by atoms with Gasteiger partial charge in [-0.25, -0.2) is 14.8 Å². The van der Waals surface area contributed by atoms with Crippen molar-refractivity contribution in [1.82, 2.24) is 24.5 Å². The summed E-state index contributed by atoms with van der Waals surface area (Å²) in [5.41, 5.74) is 0.887. The maximum Gasteiger partial charge on any atom is 0.410 e. The normalized spacial score (nSPS) is 18.3. The average molecular weight is 719 g/mol. The van der Waals surface area contributed by atoms with Crippen LogP contribution >= 0.6 is 11.9 Å². The van der Waals surface area contributed by atoms with Crippen molar-refractivity contribution >= 4 is 35.7 Å². The number of nitrogens with one attached hydrogen (secondary N) is 2. The Morgan fingerprint density at radius 2 is 1.75 bits per heavy atom. The zero-order chi connectivity index (χ0) is 36.8. The number of halogens is 1. The number of carbonyl (C=O) groups is 3. The summed E-state index contributed by atoms with van der Waals surface area (Å²) in [5, 5.41) is 4.24. The molecule has 1 aromatic carbocycles. The molecule has 2 aliphatic heterocycles. The van der Waals surface area contributed by atoms with Gasteiger partial charge in [-0.2, -0.15) is 4.39 Å². The van der Waals surface area contributed by atoms with E-state index in [1.165, 1.54) is 6.07 Å². The van der Waals surface area contributed by atoms with Crippen molar-refractivity contribution in [2.75, 3.05) is 25.0 Å². The van der Waals surface area contributed by atoms with Crippen molar-refractivity contribution in [1.29, 1.82) is 0 Å². The van der Waals surface area contributed by atoms with Gasteiger partial charge in [0.05, 0.1) is 5.56 Å². The number of anilines is 1. The minimum absolute atomic E-state index is 0.0748. The zero-order valence-corrected chi connectivity index (χ0v) is 31.4. The summed E-state index contributed by atoms with van der Waals surface area (Å²) in [4.78, 5) is 50.6. The quantitative estimate of drug-likeness (QED) is 0.154. The first-order valence-corrected chi connectivity index (χ1v) is 18.6. The Balaban J connectivity index is 1.22. The number of amides is 3. The number of hydrogen-bond donors (Lipinski definition) is 2. The molecule has 5 rings (SSSR count). The molecule has 51 heavy (non-hydrogen) atoms. The van der Waals surface area contributed by atoms with Gasteiger partial charge in [0.1, 0.15) is 17.5 Å². The fourth-order valence-corrected chi connectivity index (χ4v) is 7.79. The number of nitrogens with zero attached hydrogens (tertiary/aromatic N) is 4. The molecule has 10 nitrogen and oxygen atoms in total. The molecule has 2 saturated heterocycles. The molecule has 2 unspecified atom stereocenters. The summed E-state index contributed by atoms with van der Waals surface area (Å²) in [7, 11) is 0. The zero-order valence-electron chi connectivity index (χ0n) is 30.6. The molecule has 2 atom stereocenters. The molecule has 3 amide bonds. The molecule has 2 N–H and O–H groups in total. The van der Waals surface area contributed by atoms with E-state index < -0.39 is 11.9 Å². The molecule has 3 aromatic rings. The van der Waals surface area contributed by atoms with Crippen molar-refractivity contribution < 1.29 is 23.5 Å². The molecule has 0 saturated carbocycles. The highest BCUT2D eigenvalue weighted by molar-refractivity contribution is 7.97. The summed E-state index contributed by atoms with van der Waals surface area (Å²) in [5.74, 6) is 0.0548. The van der Waals surface area contributed by atoms with Crippen LogP contribution < -0.4 is 10.0 Å². The van der Waals surface area contributed by atoms with Crippen LogP contribution in [-0.4, -0.2) is 68.9 Å². The van der Waals surface area contributed by atoms with Gasteiger partial charge < -0.3 is 19.9 Å². The van der Waals surface area contributed by atoms with Gasteiger partial charge >= 0.3 is 6.09 Å². The summed E-state index contributed by atoms with van der Waals surface area (Å²) in [6, 6.07) is 18.4. The Bertz CT molecular complexity index is 1680. The van der Waals surface area contributed by atoms with Gasteiger partial charge in [0, 0.05) is 61.2 Å². The molecule has 0 spiro atoms. The van der Waals surface area contributed by atoms with E-state index in [1.807, 2.05) is 68.1 Å². The van der Waals surface area contributed by atoms with Gasteiger partial charge in [-0.15, -0.1) is 0 Å². The molecule has 12 heteroatoms. The maximum atomic E-state index is 14.8. The van der Waals surface area contributed by atoms with Crippen molar-refractivity contribution in [3.05, 3.63) is 83.4 Å². The minimum Gasteiger partial charge on any atom is -0.445 e. The van der Waals surface area contributed by atoms with Gasteiger partial charge in [0.2, 0.25) is 11.9 Å². The molecule has 0 bridgehead atoms. The first-order valence-electron chi connectivity index (χ1n) is 17.8. The van der Waals surface area contributed by atoms with Crippen LogP contribution in [0.4, 0.5) is 15.0 Å². The smallest absolute Gasteiger partial charge is 0.410 e. The van der Waals surface area contributed by atoms with E-state index in [9.17, 15) is 18.8 Å². The molecule has 2 aliphatic rings. The lowest BCUT2D eigenvalue weighted by atomic mass is 9.84. The van der Waals surface area contributed by atoms with Crippen LogP contribution in [-0.2, 0) is 21.6 Å². The van der Waals surface area contributed by atoms with Gasteiger partial charge in [0.25, 0.3) is 5.91 Å². The number of piperidine rings is 1. The van der Waals surface area contributed by atoms with Crippen molar-refractivity contribution in [3.8, 4) is 0 Å². The number of pyridine rings is 2. The second-order valence-corrected chi connectivity index (χ2v) is 16.2.